The first kappa shape index (κ1) is 22.7. The first-order valence-electron chi connectivity index (χ1n) is 12.0. The fourth-order valence-corrected chi connectivity index (χ4v) is 4.49. The molecule has 0 atom stereocenters. The summed E-state index contributed by atoms with van der Waals surface area (Å²) in [5.41, 5.74) is 7.31. The minimum absolute atomic E-state index is 0.0399. The zero-order chi connectivity index (χ0) is 24.2. The lowest BCUT2D eigenvalue weighted by molar-refractivity contribution is -0.121. The minimum atomic E-state index is -0.0399. The number of fused-ring (bicyclic) bond motifs is 1. The zero-order valence-electron chi connectivity index (χ0n) is 20.1. The number of pyridine rings is 1. The Morgan fingerprint density at radius 1 is 0.971 bits per heavy atom. The Bertz CT molecular complexity index is 1330. The van der Waals surface area contributed by atoms with E-state index in [1.165, 1.54) is 11.1 Å². The van der Waals surface area contributed by atoms with Crippen LogP contribution in [0.25, 0.3) is 11.1 Å². The Morgan fingerprint density at radius 2 is 1.77 bits per heavy atom. The summed E-state index contributed by atoms with van der Waals surface area (Å²) < 4.78 is 5.75. The number of hydrogen-bond donors (Lipinski definition) is 1. The van der Waals surface area contributed by atoms with Crippen molar-refractivity contribution in [2.45, 2.75) is 26.7 Å². The fourth-order valence-electron chi connectivity index (χ4n) is 4.49. The lowest BCUT2D eigenvalue weighted by Crippen LogP contribution is -2.39. The number of allylic oxidation sites excluding steroid dienone is 4. The van der Waals surface area contributed by atoms with Crippen molar-refractivity contribution < 1.29 is 9.53 Å². The van der Waals surface area contributed by atoms with Crippen molar-refractivity contribution in [3.63, 3.8) is 0 Å². The van der Waals surface area contributed by atoms with Gasteiger partial charge in [-0.3, -0.25) is 4.79 Å². The lowest BCUT2D eigenvalue weighted by atomic mass is 10.0. The average molecular weight is 464 g/mol. The van der Waals surface area contributed by atoms with E-state index in [2.05, 4.69) is 72.7 Å². The van der Waals surface area contributed by atoms with Crippen LogP contribution < -0.4 is 15.0 Å². The maximum absolute atomic E-state index is 12.9. The van der Waals surface area contributed by atoms with Gasteiger partial charge in [-0.15, -0.1) is 0 Å². The molecule has 1 aliphatic carbocycles. The Morgan fingerprint density at radius 3 is 2.63 bits per heavy atom. The molecule has 0 fully saturated rings. The molecule has 176 valence electrons. The molecule has 0 saturated heterocycles. The van der Waals surface area contributed by atoms with Crippen LogP contribution in [0.3, 0.4) is 0 Å². The molecule has 3 aromatic rings. The van der Waals surface area contributed by atoms with E-state index in [4.69, 9.17) is 4.74 Å². The van der Waals surface area contributed by atoms with E-state index < -0.39 is 0 Å². The molecule has 1 amide bonds. The van der Waals surface area contributed by atoms with E-state index in [1.807, 2.05) is 35.2 Å². The average Bonchev–Trinajstić information content (AvgIpc) is 2.81. The Kier molecular flexibility index (Phi) is 6.49. The third-order valence-electron chi connectivity index (χ3n) is 6.11. The summed E-state index contributed by atoms with van der Waals surface area (Å²) in [5, 5.41) is 3.42. The highest BCUT2D eigenvalue weighted by molar-refractivity contribution is 5.99. The summed E-state index contributed by atoms with van der Waals surface area (Å²) in [6.45, 7) is 4.74. The van der Waals surface area contributed by atoms with Crippen molar-refractivity contribution in [2.75, 3.05) is 23.4 Å². The topological polar surface area (TPSA) is 54.5 Å². The third kappa shape index (κ3) is 5.35. The van der Waals surface area contributed by atoms with Crippen LogP contribution in [0, 0.1) is 13.8 Å². The molecule has 5 nitrogen and oxygen atoms in total. The molecule has 2 heterocycles. The molecule has 1 N–H and O–H groups in total. The van der Waals surface area contributed by atoms with E-state index in [9.17, 15) is 4.79 Å². The van der Waals surface area contributed by atoms with Crippen molar-refractivity contribution >= 4 is 23.1 Å². The number of hydrogen-bond acceptors (Lipinski definition) is 4. The molecule has 0 radical (unpaired) electrons. The number of nitrogens with zero attached hydrogens (tertiary/aromatic N) is 2. The van der Waals surface area contributed by atoms with Gasteiger partial charge in [0.2, 0.25) is 0 Å². The van der Waals surface area contributed by atoms with Gasteiger partial charge < -0.3 is 15.0 Å². The molecule has 5 heteroatoms. The Labute approximate surface area is 206 Å². The summed E-state index contributed by atoms with van der Waals surface area (Å²) >= 11 is 0. The number of amides is 1. The first-order valence-corrected chi connectivity index (χ1v) is 12.0. The van der Waals surface area contributed by atoms with E-state index in [0.717, 1.165) is 52.5 Å². The smallest absolute Gasteiger partial charge is 0.265 e. The zero-order valence-corrected chi connectivity index (χ0v) is 20.1. The fraction of sp³-hybridized carbons (Fsp3) is 0.200. The SMILES string of the molecule is Cc1cc(C)cc(Nc2cc(-c3ccc4c(c3)N(CC3=C/C=C\CC\C=C\3)C(=O)CO4)ccn2)c1. The number of ether oxygens (including phenoxy) is 1. The molecular weight excluding hydrogens is 434 g/mol. The van der Waals surface area contributed by atoms with Crippen LogP contribution in [0.2, 0.25) is 0 Å². The van der Waals surface area contributed by atoms with E-state index >= 15 is 0 Å². The van der Waals surface area contributed by atoms with Crippen LogP contribution in [0.15, 0.2) is 90.7 Å². The molecule has 0 saturated carbocycles. The van der Waals surface area contributed by atoms with Gasteiger partial charge in [-0.05, 0) is 90.9 Å². The number of nitrogens with one attached hydrogen (secondary N) is 1. The monoisotopic (exact) mass is 463 g/mol. The highest BCUT2D eigenvalue weighted by Gasteiger charge is 2.26. The van der Waals surface area contributed by atoms with Crippen LogP contribution in [0.4, 0.5) is 17.2 Å². The molecule has 2 aliphatic rings. The standard InChI is InChI=1S/C30H29N3O2/c1-21-14-22(2)16-26(15-21)32-29-18-25(12-13-31-29)24-10-11-28-27(17-24)33(30(34)20-35-28)19-23-8-6-4-3-5-7-9-23/h4,6-18H,3,5,19-20H2,1-2H3,(H,31,32)/b6-4-,9-7+,23-8+. The van der Waals surface area contributed by atoms with Gasteiger partial charge in [-0.25, -0.2) is 4.98 Å². The summed E-state index contributed by atoms with van der Waals surface area (Å²) in [6.07, 6.45) is 14.4. The molecular formula is C30H29N3O2. The molecule has 0 bridgehead atoms. The molecule has 0 unspecified atom stereocenters. The highest BCUT2D eigenvalue weighted by Crippen LogP contribution is 2.37. The summed E-state index contributed by atoms with van der Waals surface area (Å²) in [7, 11) is 0. The van der Waals surface area contributed by atoms with Gasteiger partial charge in [0.15, 0.2) is 6.61 Å². The van der Waals surface area contributed by atoms with Gasteiger partial charge in [0.05, 0.1) is 12.2 Å². The number of rotatable bonds is 5. The predicted octanol–water partition coefficient (Wildman–Crippen LogP) is 6.67. The van der Waals surface area contributed by atoms with Gasteiger partial charge in [0, 0.05) is 11.9 Å². The Balaban J connectivity index is 1.44. The number of carbonyl (C=O) groups is 1. The van der Waals surface area contributed by atoms with Crippen molar-refractivity contribution in [3.05, 3.63) is 102 Å². The van der Waals surface area contributed by atoms with Crippen molar-refractivity contribution in [2.24, 2.45) is 0 Å². The molecule has 5 rings (SSSR count). The van der Waals surface area contributed by atoms with Crippen LogP contribution in [0.5, 0.6) is 5.75 Å². The largest absolute Gasteiger partial charge is 0.482 e. The van der Waals surface area contributed by atoms with Crippen LogP contribution in [-0.2, 0) is 4.79 Å². The quantitative estimate of drug-likeness (QED) is 0.459. The van der Waals surface area contributed by atoms with Gasteiger partial charge >= 0.3 is 0 Å². The maximum atomic E-state index is 12.9. The molecule has 35 heavy (non-hydrogen) atoms. The van der Waals surface area contributed by atoms with Gasteiger partial charge in [0.25, 0.3) is 5.91 Å². The van der Waals surface area contributed by atoms with E-state index in [-0.39, 0.29) is 12.5 Å². The van der Waals surface area contributed by atoms with Gasteiger partial charge in [-0.2, -0.15) is 0 Å². The molecule has 2 aromatic carbocycles. The number of aryl methyl sites for hydroxylation is 2. The van der Waals surface area contributed by atoms with Crippen molar-refractivity contribution in [1.29, 1.82) is 0 Å². The van der Waals surface area contributed by atoms with Crippen LogP contribution in [-0.4, -0.2) is 24.0 Å². The van der Waals surface area contributed by atoms with E-state index in [1.54, 1.807) is 6.20 Å². The first-order chi connectivity index (χ1) is 17.0. The number of aromatic nitrogens is 1. The van der Waals surface area contributed by atoms with Crippen LogP contribution in [0.1, 0.15) is 24.0 Å². The summed E-state index contributed by atoms with van der Waals surface area (Å²) in [4.78, 5) is 19.2. The summed E-state index contributed by atoms with van der Waals surface area (Å²) in [6, 6.07) is 16.4. The van der Waals surface area contributed by atoms with Crippen molar-refractivity contribution in [1.82, 2.24) is 4.98 Å². The molecule has 0 spiro atoms. The number of carbonyl (C=O) groups excluding carboxylic acids is 1. The van der Waals surface area contributed by atoms with Crippen molar-refractivity contribution in [3.8, 4) is 16.9 Å². The second kappa shape index (κ2) is 10.0. The Hall–Kier alpha value is -4.12. The van der Waals surface area contributed by atoms with Crippen LogP contribution >= 0.6 is 0 Å². The minimum Gasteiger partial charge on any atom is -0.482 e. The second-order valence-electron chi connectivity index (χ2n) is 9.03. The highest BCUT2D eigenvalue weighted by atomic mass is 16.5. The second-order valence-corrected chi connectivity index (χ2v) is 9.03. The lowest BCUT2D eigenvalue weighted by Gasteiger charge is -2.30. The number of anilines is 3. The van der Waals surface area contributed by atoms with E-state index in [0.29, 0.717) is 6.54 Å². The molecule has 1 aromatic heterocycles. The third-order valence-corrected chi connectivity index (χ3v) is 6.11. The maximum Gasteiger partial charge on any atom is 0.265 e. The predicted molar refractivity (Wildman–Crippen MR) is 142 cm³/mol. The van der Waals surface area contributed by atoms with Gasteiger partial charge in [-0.1, -0.05) is 42.5 Å². The molecule has 1 aliphatic heterocycles. The van der Waals surface area contributed by atoms with Gasteiger partial charge in [0.1, 0.15) is 11.6 Å². The normalized spacial score (nSPS) is 18.4. The summed E-state index contributed by atoms with van der Waals surface area (Å²) in [5.74, 6) is 1.45. The number of benzene rings is 2.